The first kappa shape index (κ1) is 8.09. The first-order chi connectivity index (χ1) is 5.48. The molecule has 2 rings (SSSR count). The summed E-state index contributed by atoms with van der Waals surface area (Å²) < 4.78 is 0. The number of hydrogen-bond acceptors (Lipinski definition) is 1. The Morgan fingerprint density at radius 2 is 2.08 bits per heavy atom. The Morgan fingerprint density at radius 1 is 1.42 bits per heavy atom. The van der Waals surface area contributed by atoms with Gasteiger partial charge in [0, 0.05) is 6.54 Å². The van der Waals surface area contributed by atoms with E-state index in [1.807, 2.05) is 0 Å². The third kappa shape index (κ3) is 0.686. The highest BCUT2D eigenvalue weighted by molar-refractivity contribution is 5.84. The molecule has 2 nitrogen and oxygen atoms in total. The molecule has 2 heteroatoms. The van der Waals surface area contributed by atoms with Crippen LogP contribution in [0.3, 0.4) is 0 Å². The third-order valence-electron chi connectivity index (χ3n) is 4.45. The van der Waals surface area contributed by atoms with Gasteiger partial charge in [0.25, 0.3) is 0 Å². The van der Waals surface area contributed by atoms with E-state index in [1.54, 1.807) is 0 Å². The van der Waals surface area contributed by atoms with Crippen molar-refractivity contribution in [3.63, 3.8) is 0 Å². The predicted octanol–water partition coefficient (Wildman–Crippen LogP) is 1.56. The minimum absolute atomic E-state index is 0.101. The maximum Gasteiger partial charge on any atom is 0.226 e. The van der Waals surface area contributed by atoms with Crippen LogP contribution in [0.15, 0.2) is 0 Å². The molecule has 1 aliphatic carbocycles. The van der Waals surface area contributed by atoms with Crippen molar-refractivity contribution in [3.8, 4) is 0 Å². The summed E-state index contributed by atoms with van der Waals surface area (Å²) in [5, 5.41) is 3.00. The van der Waals surface area contributed by atoms with Crippen LogP contribution in [0.2, 0.25) is 0 Å². The van der Waals surface area contributed by atoms with Crippen molar-refractivity contribution in [2.24, 2.45) is 16.7 Å². The highest BCUT2D eigenvalue weighted by Gasteiger charge is 2.58. The Kier molecular flexibility index (Phi) is 1.37. The molecule has 0 spiro atoms. The Bertz CT molecular complexity index is 234. The van der Waals surface area contributed by atoms with E-state index < -0.39 is 0 Å². The molecular weight excluding hydrogens is 150 g/mol. The molecule has 12 heavy (non-hydrogen) atoms. The van der Waals surface area contributed by atoms with Crippen molar-refractivity contribution >= 4 is 5.91 Å². The maximum absolute atomic E-state index is 11.7. The van der Waals surface area contributed by atoms with Crippen molar-refractivity contribution in [1.82, 2.24) is 5.32 Å². The summed E-state index contributed by atoms with van der Waals surface area (Å²) in [7, 11) is 0. The molecule has 0 radical (unpaired) electrons. The van der Waals surface area contributed by atoms with E-state index in [0.29, 0.717) is 5.92 Å². The molecule has 2 atom stereocenters. The highest BCUT2D eigenvalue weighted by atomic mass is 16.2. The Labute approximate surface area is 73.7 Å². The van der Waals surface area contributed by atoms with Gasteiger partial charge in [-0.15, -0.1) is 0 Å². The molecule has 68 valence electrons. The first-order valence-corrected chi connectivity index (χ1v) is 4.77. The summed E-state index contributed by atoms with van der Waals surface area (Å²) in [4.78, 5) is 11.7. The minimum atomic E-state index is -0.101. The van der Waals surface area contributed by atoms with Crippen LogP contribution in [0, 0.1) is 16.7 Å². The second-order valence-electron chi connectivity index (χ2n) is 5.00. The van der Waals surface area contributed by atoms with Crippen molar-refractivity contribution < 1.29 is 4.79 Å². The highest BCUT2D eigenvalue weighted by Crippen LogP contribution is 2.57. The molecule has 2 bridgehead atoms. The van der Waals surface area contributed by atoms with Crippen molar-refractivity contribution in [2.75, 3.05) is 6.54 Å². The molecule has 0 aromatic heterocycles. The quantitative estimate of drug-likeness (QED) is 0.583. The number of carbonyl (C=O) groups is 1. The van der Waals surface area contributed by atoms with Gasteiger partial charge in [0.05, 0.1) is 5.41 Å². The second kappa shape index (κ2) is 2.04. The predicted molar refractivity (Wildman–Crippen MR) is 47.6 cm³/mol. The molecular formula is C10H17NO. The van der Waals surface area contributed by atoms with Crippen LogP contribution < -0.4 is 5.32 Å². The molecule has 1 N–H and O–H groups in total. The average Bonchev–Trinajstić information content (AvgIpc) is 2.17. The summed E-state index contributed by atoms with van der Waals surface area (Å²) in [6.07, 6.45) is 2.28. The molecule has 2 aliphatic rings. The smallest absolute Gasteiger partial charge is 0.226 e. The van der Waals surface area contributed by atoms with Crippen LogP contribution in [0.25, 0.3) is 0 Å². The SMILES string of the molecule is CC1(C)[C@@H]2CC[C@]1(C)C(=O)NC2. The summed E-state index contributed by atoms with van der Waals surface area (Å²) in [5.41, 5.74) is 0.102. The second-order valence-corrected chi connectivity index (χ2v) is 5.00. The first-order valence-electron chi connectivity index (χ1n) is 4.77. The largest absolute Gasteiger partial charge is 0.355 e. The zero-order chi connectivity index (χ0) is 8.98. The summed E-state index contributed by atoms with van der Waals surface area (Å²) in [6.45, 7) is 7.48. The summed E-state index contributed by atoms with van der Waals surface area (Å²) in [5.74, 6) is 0.960. The van der Waals surface area contributed by atoms with E-state index in [-0.39, 0.29) is 16.7 Å². The molecule has 1 saturated heterocycles. The molecule has 1 heterocycles. The zero-order valence-electron chi connectivity index (χ0n) is 8.11. The van der Waals surface area contributed by atoms with E-state index in [9.17, 15) is 4.79 Å². The molecule has 1 aliphatic heterocycles. The van der Waals surface area contributed by atoms with Gasteiger partial charge < -0.3 is 5.32 Å². The fourth-order valence-electron chi connectivity index (χ4n) is 2.77. The van der Waals surface area contributed by atoms with Crippen molar-refractivity contribution in [3.05, 3.63) is 0 Å². The van der Waals surface area contributed by atoms with Crippen LogP contribution in [0.1, 0.15) is 33.6 Å². The Morgan fingerprint density at radius 3 is 2.67 bits per heavy atom. The lowest BCUT2D eigenvalue weighted by atomic mass is 9.63. The normalized spacial score (nSPS) is 44.2. The van der Waals surface area contributed by atoms with Crippen LogP contribution in [-0.4, -0.2) is 12.5 Å². The number of amides is 1. The van der Waals surface area contributed by atoms with Crippen molar-refractivity contribution in [2.45, 2.75) is 33.6 Å². The van der Waals surface area contributed by atoms with E-state index in [2.05, 4.69) is 26.1 Å². The van der Waals surface area contributed by atoms with Crippen LogP contribution >= 0.6 is 0 Å². The Hall–Kier alpha value is -0.530. The van der Waals surface area contributed by atoms with E-state index in [4.69, 9.17) is 0 Å². The van der Waals surface area contributed by atoms with Gasteiger partial charge in [-0.3, -0.25) is 4.79 Å². The van der Waals surface area contributed by atoms with Gasteiger partial charge in [-0.2, -0.15) is 0 Å². The topological polar surface area (TPSA) is 29.1 Å². The van der Waals surface area contributed by atoms with E-state index in [0.717, 1.165) is 13.0 Å². The molecule has 1 amide bonds. The van der Waals surface area contributed by atoms with Gasteiger partial charge in [0.2, 0.25) is 5.91 Å². The summed E-state index contributed by atoms with van der Waals surface area (Å²) >= 11 is 0. The van der Waals surface area contributed by atoms with Gasteiger partial charge in [-0.05, 0) is 24.2 Å². The fourth-order valence-corrected chi connectivity index (χ4v) is 2.77. The number of hydrogen-bond donors (Lipinski definition) is 1. The van der Waals surface area contributed by atoms with Crippen LogP contribution in [0.5, 0.6) is 0 Å². The minimum Gasteiger partial charge on any atom is -0.355 e. The van der Waals surface area contributed by atoms with Gasteiger partial charge in [0.15, 0.2) is 0 Å². The van der Waals surface area contributed by atoms with Gasteiger partial charge >= 0.3 is 0 Å². The van der Waals surface area contributed by atoms with Gasteiger partial charge in [-0.1, -0.05) is 20.8 Å². The maximum atomic E-state index is 11.7. The molecule has 2 fully saturated rings. The molecule has 0 unspecified atom stereocenters. The van der Waals surface area contributed by atoms with Crippen LogP contribution in [-0.2, 0) is 4.79 Å². The number of carbonyl (C=O) groups excluding carboxylic acids is 1. The standard InChI is InChI=1S/C10H17NO/c1-9(2)7-4-5-10(9,3)8(12)11-6-7/h7H,4-6H2,1-3H3,(H,11,12)/t7-,10-/m1/s1. The van der Waals surface area contributed by atoms with Gasteiger partial charge in [-0.25, -0.2) is 0 Å². The summed E-state index contributed by atoms with van der Waals surface area (Å²) in [6, 6.07) is 0. The molecule has 0 aromatic carbocycles. The van der Waals surface area contributed by atoms with E-state index in [1.165, 1.54) is 6.42 Å². The third-order valence-corrected chi connectivity index (χ3v) is 4.45. The van der Waals surface area contributed by atoms with Crippen LogP contribution in [0.4, 0.5) is 0 Å². The van der Waals surface area contributed by atoms with Gasteiger partial charge in [0.1, 0.15) is 0 Å². The molecule has 0 aromatic rings. The Balaban J connectivity index is 2.43. The van der Waals surface area contributed by atoms with E-state index >= 15 is 0 Å². The lowest BCUT2D eigenvalue weighted by Gasteiger charge is -2.44. The monoisotopic (exact) mass is 167 g/mol. The lowest BCUT2D eigenvalue weighted by molar-refractivity contribution is -0.139. The fraction of sp³-hybridized carbons (Fsp3) is 0.900. The average molecular weight is 167 g/mol. The number of nitrogens with one attached hydrogen (secondary N) is 1. The van der Waals surface area contributed by atoms with Crippen molar-refractivity contribution in [1.29, 1.82) is 0 Å². The number of rotatable bonds is 0. The molecule has 1 saturated carbocycles. The number of fused-ring (bicyclic) bond motifs is 2. The lowest BCUT2D eigenvalue weighted by Crippen LogP contribution is -2.54. The zero-order valence-corrected chi connectivity index (χ0v) is 8.11. The number of piperidine rings is 1.